The van der Waals surface area contributed by atoms with Crippen molar-refractivity contribution >= 4 is 0 Å². The van der Waals surface area contributed by atoms with Crippen molar-refractivity contribution in [3.63, 3.8) is 0 Å². The van der Waals surface area contributed by atoms with Crippen LogP contribution in [-0.2, 0) is 4.74 Å². The van der Waals surface area contributed by atoms with Crippen molar-refractivity contribution in [2.45, 2.75) is 52.2 Å². The predicted octanol–water partition coefficient (Wildman–Crippen LogP) is 2.19. The average Bonchev–Trinajstić information content (AvgIpc) is 2.15. The Kier molecular flexibility index (Phi) is 4.74. The molecule has 2 nitrogen and oxygen atoms in total. The summed E-state index contributed by atoms with van der Waals surface area (Å²) in [6.07, 6.45) is 4.08. The van der Waals surface area contributed by atoms with Gasteiger partial charge in [-0.1, -0.05) is 20.8 Å². The van der Waals surface area contributed by atoms with Gasteiger partial charge in [0.15, 0.2) is 0 Å². The molecule has 1 aliphatic heterocycles. The van der Waals surface area contributed by atoms with E-state index in [9.17, 15) is 0 Å². The van der Waals surface area contributed by atoms with Gasteiger partial charge in [-0.2, -0.15) is 0 Å². The topological polar surface area (TPSA) is 21.3 Å². The summed E-state index contributed by atoms with van der Waals surface area (Å²) in [7, 11) is 0. The van der Waals surface area contributed by atoms with Crippen LogP contribution in [0.1, 0.15) is 40.0 Å². The van der Waals surface area contributed by atoms with Crippen molar-refractivity contribution in [3.05, 3.63) is 0 Å². The van der Waals surface area contributed by atoms with Crippen molar-refractivity contribution in [2.75, 3.05) is 13.2 Å². The van der Waals surface area contributed by atoms with Gasteiger partial charge in [0.25, 0.3) is 0 Å². The molecule has 0 saturated carbocycles. The second-order valence-corrected chi connectivity index (χ2v) is 4.33. The molecule has 1 saturated heterocycles. The van der Waals surface area contributed by atoms with E-state index < -0.39 is 0 Å². The van der Waals surface area contributed by atoms with Gasteiger partial charge < -0.3 is 10.1 Å². The molecule has 0 radical (unpaired) electrons. The van der Waals surface area contributed by atoms with Crippen LogP contribution in [-0.4, -0.2) is 25.3 Å². The minimum atomic E-state index is 0.475. The molecule has 0 spiro atoms. The minimum Gasteiger partial charge on any atom is -0.378 e. The first-order valence-electron chi connectivity index (χ1n) is 5.59. The first-order valence-corrected chi connectivity index (χ1v) is 5.59. The monoisotopic (exact) mass is 185 g/mol. The van der Waals surface area contributed by atoms with Crippen LogP contribution in [0.15, 0.2) is 0 Å². The third-order valence-corrected chi connectivity index (χ3v) is 2.74. The molecule has 1 heterocycles. The van der Waals surface area contributed by atoms with E-state index in [0.29, 0.717) is 18.1 Å². The molecule has 0 aliphatic carbocycles. The van der Waals surface area contributed by atoms with Gasteiger partial charge in [-0.25, -0.2) is 0 Å². The van der Waals surface area contributed by atoms with Gasteiger partial charge in [0.1, 0.15) is 0 Å². The first-order chi connectivity index (χ1) is 6.24. The molecule has 0 amide bonds. The molecule has 0 aromatic rings. The molecule has 1 N–H and O–H groups in total. The van der Waals surface area contributed by atoms with Gasteiger partial charge in [0, 0.05) is 12.6 Å². The maximum absolute atomic E-state index is 5.71. The number of hydrogen-bond acceptors (Lipinski definition) is 2. The highest BCUT2D eigenvalue weighted by molar-refractivity contribution is 4.78. The third-order valence-electron chi connectivity index (χ3n) is 2.74. The summed E-state index contributed by atoms with van der Waals surface area (Å²) >= 11 is 0. The summed E-state index contributed by atoms with van der Waals surface area (Å²) in [6.45, 7) is 8.78. The number of hydrogen-bond donors (Lipinski definition) is 1. The molecular formula is C11H23NO. The predicted molar refractivity (Wildman–Crippen MR) is 55.9 cm³/mol. The van der Waals surface area contributed by atoms with Crippen molar-refractivity contribution < 1.29 is 4.74 Å². The number of rotatable bonds is 4. The molecule has 0 aromatic carbocycles. The van der Waals surface area contributed by atoms with Gasteiger partial charge in [-0.05, 0) is 31.7 Å². The minimum absolute atomic E-state index is 0.475. The summed E-state index contributed by atoms with van der Waals surface area (Å²) in [6, 6.07) is 0.695. The first kappa shape index (κ1) is 11.0. The van der Waals surface area contributed by atoms with Gasteiger partial charge in [-0.3, -0.25) is 0 Å². The lowest BCUT2D eigenvalue weighted by molar-refractivity contribution is -0.0242. The molecule has 1 rings (SSSR count). The summed E-state index contributed by atoms with van der Waals surface area (Å²) in [5, 5.41) is 3.58. The lowest BCUT2D eigenvalue weighted by Crippen LogP contribution is -2.41. The Morgan fingerprint density at radius 1 is 1.46 bits per heavy atom. The van der Waals surface area contributed by atoms with Crippen molar-refractivity contribution in [2.24, 2.45) is 5.92 Å². The number of ether oxygens (including phenoxy) is 1. The Bertz CT molecular complexity index is 136. The fourth-order valence-corrected chi connectivity index (χ4v) is 1.83. The van der Waals surface area contributed by atoms with Crippen molar-refractivity contribution in [1.29, 1.82) is 0 Å². The summed E-state index contributed by atoms with van der Waals surface area (Å²) < 4.78 is 5.71. The highest BCUT2D eigenvalue weighted by Gasteiger charge is 2.23. The molecule has 2 heteroatoms. The highest BCUT2D eigenvalue weighted by atomic mass is 16.5. The van der Waals surface area contributed by atoms with Crippen molar-refractivity contribution in [3.8, 4) is 0 Å². The zero-order valence-corrected chi connectivity index (χ0v) is 9.18. The van der Waals surface area contributed by atoms with Crippen LogP contribution in [0, 0.1) is 5.92 Å². The molecule has 0 aromatic heterocycles. The standard InChI is InChI=1S/C11H23NO/c1-4-6-12-10-5-7-13-11(8-10)9(2)3/h9-12H,4-8H2,1-3H3. The number of nitrogens with one attached hydrogen (secondary N) is 1. The Balaban J connectivity index is 2.25. The van der Waals surface area contributed by atoms with E-state index in [2.05, 4.69) is 26.1 Å². The van der Waals surface area contributed by atoms with Gasteiger partial charge in [0.2, 0.25) is 0 Å². The summed E-state index contributed by atoms with van der Waals surface area (Å²) in [4.78, 5) is 0. The Morgan fingerprint density at radius 2 is 2.23 bits per heavy atom. The average molecular weight is 185 g/mol. The van der Waals surface area contributed by atoms with Crippen LogP contribution in [0.25, 0.3) is 0 Å². The van der Waals surface area contributed by atoms with Crippen molar-refractivity contribution in [1.82, 2.24) is 5.32 Å². The van der Waals surface area contributed by atoms with E-state index >= 15 is 0 Å². The third kappa shape index (κ3) is 3.65. The lowest BCUT2D eigenvalue weighted by Gasteiger charge is -2.32. The molecule has 1 fully saturated rings. The van der Waals surface area contributed by atoms with E-state index in [1.54, 1.807) is 0 Å². The highest BCUT2D eigenvalue weighted by Crippen LogP contribution is 2.19. The Hall–Kier alpha value is -0.0800. The molecule has 2 unspecified atom stereocenters. The smallest absolute Gasteiger partial charge is 0.0612 e. The zero-order valence-electron chi connectivity index (χ0n) is 9.18. The van der Waals surface area contributed by atoms with E-state index in [1.807, 2.05) is 0 Å². The second-order valence-electron chi connectivity index (χ2n) is 4.33. The second kappa shape index (κ2) is 5.61. The van der Waals surface area contributed by atoms with Gasteiger partial charge in [-0.15, -0.1) is 0 Å². The van der Waals surface area contributed by atoms with E-state index in [1.165, 1.54) is 19.3 Å². The zero-order chi connectivity index (χ0) is 9.68. The fraction of sp³-hybridized carbons (Fsp3) is 1.00. The SMILES string of the molecule is CCCNC1CCOC(C(C)C)C1. The normalized spacial score (nSPS) is 29.5. The van der Waals surface area contributed by atoms with Gasteiger partial charge >= 0.3 is 0 Å². The molecular weight excluding hydrogens is 162 g/mol. The molecule has 2 atom stereocenters. The molecule has 1 aliphatic rings. The van der Waals surface area contributed by atoms with Crippen LogP contribution in [0.3, 0.4) is 0 Å². The fourth-order valence-electron chi connectivity index (χ4n) is 1.83. The van der Waals surface area contributed by atoms with E-state index in [-0.39, 0.29) is 0 Å². The Morgan fingerprint density at radius 3 is 2.85 bits per heavy atom. The molecule has 0 bridgehead atoms. The lowest BCUT2D eigenvalue weighted by atomic mass is 9.95. The van der Waals surface area contributed by atoms with Crippen LogP contribution in [0.2, 0.25) is 0 Å². The summed E-state index contributed by atoms with van der Waals surface area (Å²) in [5.41, 5.74) is 0. The summed E-state index contributed by atoms with van der Waals surface area (Å²) in [5.74, 6) is 0.659. The van der Waals surface area contributed by atoms with Crippen LogP contribution in [0.5, 0.6) is 0 Å². The largest absolute Gasteiger partial charge is 0.378 e. The molecule has 78 valence electrons. The van der Waals surface area contributed by atoms with E-state index in [0.717, 1.165) is 13.2 Å². The van der Waals surface area contributed by atoms with Gasteiger partial charge in [0.05, 0.1) is 6.10 Å². The van der Waals surface area contributed by atoms with E-state index in [4.69, 9.17) is 4.74 Å². The maximum Gasteiger partial charge on any atom is 0.0612 e. The Labute approximate surface area is 82.0 Å². The van der Waals surface area contributed by atoms with Crippen LogP contribution in [0.4, 0.5) is 0 Å². The maximum atomic E-state index is 5.71. The molecule has 13 heavy (non-hydrogen) atoms. The van der Waals surface area contributed by atoms with Crippen LogP contribution >= 0.6 is 0 Å². The van der Waals surface area contributed by atoms with Crippen LogP contribution < -0.4 is 5.32 Å². The quantitative estimate of drug-likeness (QED) is 0.725.